The van der Waals surface area contributed by atoms with Crippen molar-refractivity contribution < 1.29 is 24.2 Å². The van der Waals surface area contributed by atoms with E-state index >= 15 is 0 Å². The Morgan fingerprint density at radius 3 is 1.57 bits per heavy atom. The highest BCUT2D eigenvalue weighted by Gasteiger charge is 2.16. The number of nitrogens with two attached hydrogens (primary N) is 1. The smallest absolute Gasteiger partial charge is 0.320 e. The molecule has 0 bridgehead atoms. The fraction of sp³-hybridized carbons (Fsp3) is 0.857. The van der Waals surface area contributed by atoms with E-state index < -0.39 is 23.9 Å². The summed E-state index contributed by atoms with van der Waals surface area (Å²) in [7, 11) is 0. The third-order valence-electron chi connectivity index (χ3n) is 4.69. The quantitative estimate of drug-likeness (QED) is 0.154. The molecule has 0 fully saturated rings. The van der Waals surface area contributed by atoms with E-state index in [9.17, 15) is 14.4 Å². The van der Waals surface area contributed by atoms with Crippen LogP contribution >= 0.6 is 0 Å². The average molecular weight is 412 g/mol. The second kappa shape index (κ2) is 21.1. The maximum atomic E-state index is 11.5. The van der Waals surface area contributed by atoms with Crippen LogP contribution in [0.4, 0.5) is 0 Å². The number of carbonyl (C=O) groups is 3. The summed E-state index contributed by atoms with van der Waals surface area (Å²) in [6.45, 7) is 2.24. The molecule has 0 heterocycles. The van der Waals surface area contributed by atoms with Gasteiger partial charge in [0.1, 0.15) is 6.04 Å². The number of esters is 2. The van der Waals surface area contributed by atoms with E-state index in [0.717, 1.165) is 19.3 Å². The summed E-state index contributed by atoms with van der Waals surface area (Å²) >= 11 is 0. The van der Waals surface area contributed by atoms with Gasteiger partial charge in [-0.05, 0) is 12.8 Å². The third-order valence-corrected chi connectivity index (χ3v) is 4.69. The molecule has 0 aliphatic rings. The van der Waals surface area contributed by atoms with Crippen molar-refractivity contribution >= 4 is 41.0 Å². The van der Waals surface area contributed by atoms with Gasteiger partial charge >= 0.3 is 41.0 Å². The first-order chi connectivity index (χ1) is 13.0. The normalized spacial score (nSPS) is 11.5. The summed E-state index contributed by atoms with van der Waals surface area (Å²) in [6, 6.07) is -1.10. The minimum Gasteiger partial charge on any atom is -0.480 e. The van der Waals surface area contributed by atoms with Gasteiger partial charge in [0.2, 0.25) is 0 Å². The Labute approximate surface area is 186 Å². The van der Waals surface area contributed by atoms with Crippen molar-refractivity contribution in [3.8, 4) is 0 Å². The van der Waals surface area contributed by atoms with Crippen LogP contribution in [-0.2, 0) is 19.1 Å². The van der Waals surface area contributed by atoms with Gasteiger partial charge in [0.25, 0.3) is 0 Å². The molecule has 0 aromatic carbocycles. The van der Waals surface area contributed by atoms with Crippen LogP contribution in [0.2, 0.25) is 0 Å². The van der Waals surface area contributed by atoms with Crippen LogP contribution < -0.4 is 5.73 Å². The SMILES string of the molecule is CCCCCCCCCCCCCCCC(=O)OC(=O)CC[C@H](N)C(=O)O.[MgH2]. The molecule has 28 heavy (non-hydrogen) atoms. The number of hydrogen-bond acceptors (Lipinski definition) is 5. The number of ether oxygens (including phenoxy) is 1. The number of aliphatic carboxylic acids is 1. The van der Waals surface area contributed by atoms with E-state index in [-0.39, 0.29) is 42.3 Å². The number of rotatable bonds is 18. The molecule has 0 aliphatic carbocycles. The second-order valence-corrected chi connectivity index (χ2v) is 7.32. The molecule has 0 rings (SSSR count). The molecule has 0 aromatic heterocycles. The van der Waals surface area contributed by atoms with Crippen molar-refractivity contribution in [1.82, 2.24) is 0 Å². The van der Waals surface area contributed by atoms with Gasteiger partial charge < -0.3 is 15.6 Å². The highest BCUT2D eigenvalue weighted by molar-refractivity contribution is 5.85. The molecule has 0 aliphatic heterocycles. The minimum absolute atomic E-state index is 0. The Morgan fingerprint density at radius 2 is 1.14 bits per heavy atom. The van der Waals surface area contributed by atoms with Crippen molar-refractivity contribution in [3.05, 3.63) is 0 Å². The Bertz CT molecular complexity index is 418. The largest absolute Gasteiger partial charge is 0.480 e. The average Bonchev–Trinajstić information content (AvgIpc) is 2.63. The van der Waals surface area contributed by atoms with Gasteiger partial charge in [-0.25, -0.2) is 0 Å². The molecule has 0 saturated carbocycles. The zero-order valence-corrected chi connectivity index (χ0v) is 17.0. The van der Waals surface area contributed by atoms with Crippen LogP contribution in [0.1, 0.15) is 110 Å². The molecule has 7 heteroatoms. The zero-order chi connectivity index (χ0) is 20.3. The van der Waals surface area contributed by atoms with Crippen LogP contribution in [0.25, 0.3) is 0 Å². The second-order valence-electron chi connectivity index (χ2n) is 7.32. The molecule has 6 nitrogen and oxygen atoms in total. The van der Waals surface area contributed by atoms with Crippen molar-refractivity contribution in [2.24, 2.45) is 5.73 Å². The van der Waals surface area contributed by atoms with E-state index in [4.69, 9.17) is 10.8 Å². The third kappa shape index (κ3) is 20.1. The van der Waals surface area contributed by atoms with E-state index in [2.05, 4.69) is 11.7 Å². The lowest BCUT2D eigenvalue weighted by Crippen LogP contribution is -2.30. The van der Waals surface area contributed by atoms with Crippen molar-refractivity contribution in [2.45, 2.75) is 116 Å². The lowest BCUT2D eigenvalue weighted by molar-refractivity contribution is -0.159. The Morgan fingerprint density at radius 1 is 0.750 bits per heavy atom. The molecule has 3 N–H and O–H groups in total. The zero-order valence-electron chi connectivity index (χ0n) is 17.0. The lowest BCUT2D eigenvalue weighted by Gasteiger charge is -2.06. The number of hydrogen-bond donors (Lipinski definition) is 2. The summed E-state index contributed by atoms with van der Waals surface area (Å²) in [5, 5.41) is 8.62. The van der Waals surface area contributed by atoms with Gasteiger partial charge in [0.05, 0.1) is 0 Å². The molecule has 0 spiro atoms. The highest BCUT2D eigenvalue weighted by Crippen LogP contribution is 2.13. The molecule has 1 atom stereocenters. The Hall–Kier alpha value is -0.664. The van der Waals surface area contributed by atoms with Crippen molar-refractivity contribution in [1.29, 1.82) is 0 Å². The first-order valence-electron chi connectivity index (χ1n) is 10.7. The predicted octanol–water partition coefficient (Wildman–Crippen LogP) is 3.81. The van der Waals surface area contributed by atoms with E-state index in [1.807, 2.05) is 0 Å². The highest BCUT2D eigenvalue weighted by atomic mass is 24.3. The molecule has 0 unspecified atom stereocenters. The van der Waals surface area contributed by atoms with E-state index in [1.165, 1.54) is 64.2 Å². The van der Waals surface area contributed by atoms with Crippen molar-refractivity contribution in [3.63, 3.8) is 0 Å². The summed E-state index contributed by atoms with van der Waals surface area (Å²) < 4.78 is 4.66. The standard InChI is InChI=1S/C21H39NO5.Mg.2H/c1-2-3-4-5-6-7-8-9-10-11-12-13-14-15-19(23)27-20(24)17-16-18(22)21(25)26;;;/h18H,2-17,22H2,1H3,(H,25,26);;;/t18-;;;/m0.../s1. The molecule has 0 aromatic rings. The van der Waals surface area contributed by atoms with Crippen LogP contribution in [-0.4, -0.2) is 52.1 Å². The van der Waals surface area contributed by atoms with E-state index in [0.29, 0.717) is 0 Å². The van der Waals surface area contributed by atoms with Gasteiger partial charge in [-0.3, -0.25) is 14.4 Å². The predicted molar refractivity (Wildman–Crippen MR) is 115 cm³/mol. The number of carboxylic acid groups (broad SMARTS) is 1. The van der Waals surface area contributed by atoms with Crippen LogP contribution in [0.3, 0.4) is 0 Å². The maximum absolute atomic E-state index is 11.5. The van der Waals surface area contributed by atoms with Crippen molar-refractivity contribution in [2.75, 3.05) is 0 Å². The van der Waals surface area contributed by atoms with Gasteiger partial charge in [-0.1, -0.05) is 84.0 Å². The van der Waals surface area contributed by atoms with Gasteiger partial charge in [0.15, 0.2) is 0 Å². The molecule has 0 amide bonds. The Kier molecular flexibility index (Phi) is 22.2. The van der Waals surface area contributed by atoms with Crippen LogP contribution in [0.15, 0.2) is 0 Å². The summed E-state index contributed by atoms with van der Waals surface area (Å²) in [6.07, 6.45) is 16.0. The lowest BCUT2D eigenvalue weighted by atomic mass is 10.0. The monoisotopic (exact) mass is 411 g/mol. The summed E-state index contributed by atoms with van der Waals surface area (Å²) in [4.78, 5) is 33.5. The summed E-state index contributed by atoms with van der Waals surface area (Å²) in [5.41, 5.74) is 5.29. The van der Waals surface area contributed by atoms with Gasteiger partial charge in [-0.15, -0.1) is 0 Å². The first kappa shape index (κ1) is 29.5. The van der Waals surface area contributed by atoms with Crippen LogP contribution in [0, 0.1) is 0 Å². The number of unbranched alkanes of at least 4 members (excludes halogenated alkanes) is 12. The fourth-order valence-electron chi connectivity index (χ4n) is 2.91. The molecular weight excluding hydrogens is 371 g/mol. The fourth-order valence-corrected chi connectivity index (χ4v) is 2.91. The molecule has 0 radical (unpaired) electrons. The molecular formula is C21H41MgNO5. The minimum atomic E-state index is -1.17. The van der Waals surface area contributed by atoms with Gasteiger partial charge in [-0.2, -0.15) is 0 Å². The molecule has 0 saturated heterocycles. The maximum Gasteiger partial charge on any atom is 0.320 e. The van der Waals surface area contributed by atoms with E-state index in [1.54, 1.807) is 0 Å². The first-order valence-corrected chi connectivity index (χ1v) is 10.7. The topological polar surface area (TPSA) is 107 Å². The number of carboxylic acids is 1. The molecule has 162 valence electrons. The van der Waals surface area contributed by atoms with Crippen LogP contribution in [0.5, 0.6) is 0 Å². The summed E-state index contributed by atoms with van der Waals surface area (Å²) in [5.74, 6) is -2.40. The number of carbonyl (C=O) groups excluding carboxylic acids is 2. The van der Waals surface area contributed by atoms with Gasteiger partial charge in [0, 0.05) is 12.8 Å². The Balaban J connectivity index is 0.